The number of hydrogen-bond acceptors (Lipinski definition) is 2. The highest BCUT2D eigenvalue weighted by molar-refractivity contribution is 5.75. The van der Waals surface area contributed by atoms with Crippen LogP contribution in [-0.2, 0) is 4.79 Å². The lowest BCUT2D eigenvalue weighted by atomic mass is 9.44. The third-order valence-electron chi connectivity index (χ3n) is 10.2. The normalized spacial score (nSPS) is 52.0. The summed E-state index contributed by atoms with van der Waals surface area (Å²) in [7, 11) is 0. The van der Waals surface area contributed by atoms with Gasteiger partial charge in [0.2, 0.25) is 0 Å². The van der Waals surface area contributed by atoms with Gasteiger partial charge in [-0.1, -0.05) is 13.8 Å². The average molecular weight is 375 g/mol. The molecule has 8 unspecified atom stereocenters. The Hall–Kier alpha value is -0.370. The Balaban J connectivity index is 1.48. The first-order chi connectivity index (χ1) is 12.7. The molecule has 0 aromatic rings. The lowest BCUT2D eigenvalue weighted by Gasteiger charge is -2.62. The summed E-state index contributed by atoms with van der Waals surface area (Å²) >= 11 is 0. The molecule has 0 amide bonds. The van der Waals surface area contributed by atoms with E-state index < -0.39 is 5.60 Å². The first-order valence-corrected chi connectivity index (χ1v) is 11.9. The van der Waals surface area contributed by atoms with Crippen molar-refractivity contribution in [2.45, 2.75) is 110 Å². The molecule has 0 aromatic heterocycles. The summed E-state index contributed by atoms with van der Waals surface area (Å²) in [6.07, 6.45) is 14.8. The highest BCUT2D eigenvalue weighted by atomic mass is 16.3. The van der Waals surface area contributed by atoms with Crippen molar-refractivity contribution in [1.82, 2.24) is 0 Å². The van der Waals surface area contributed by atoms with E-state index in [9.17, 15) is 9.90 Å². The zero-order valence-corrected chi connectivity index (χ0v) is 18.2. The third-order valence-corrected chi connectivity index (χ3v) is 10.2. The minimum atomic E-state index is -0.421. The number of fused-ring (bicyclic) bond motifs is 5. The van der Waals surface area contributed by atoms with Crippen LogP contribution in [-0.4, -0.2) is 16.5 Å². The zero-order valence-electron chi connectivity index (χ0n) is 18.2. The molecule has 2 nitrogen and oxygen atoms in total. The molecule has 0 spiro atoms. The molecule has 0 saturated heterocycles. The highest BCUT2D eigenvalue weighted by Crippen LogP contribution is 2.68. The van der Waals surface area contributed by atoms with Gasteiger partial charge in [-0.15, -0.1) is 0 Å². The fraction of sp³-hybridized carbons (Fsp3) is 0.960. The topological polar surface area (TPSA) is 37.3 Å². The van der Waals surface area contributed by atoms with E-state index in [1.807, 2.05) is 0 Å². The van der Waals surface area contributed by atoms with Crippen molar-refractivity contribution in [3.63, 3.8) is 0 Å². The van der Waals surface area contributed by atoms with E-state index in [0.717, 1.165) is 55.3 Å². The Morgan fingerprint density at radius 2 is 1.67 bits per heavy atom. The first kappa shape index (κ1) is 19.9. The molecule has 4 aliphatic rings. The number of ketones is 1. The van der Waals surface area contributed by atoms with Gasteiger partial charge in [0.15, 0.2) is 0 Å². The Bertz CT molecular complexity index is 581. The molecule has 2 heteroatoms. The number of carbonyl (C=O) groups is 1. The summed E-state index contributed by atoms with van der Waals surface area (Å²) in [6, 6.07) is 0. The third kappa shape index (κ3) is 3.32. The summed E-state index contributed by atoms with van der Waals surface area (Å²) in [6.45, 7) is 9.01. The van der Waals surface area contributed by atoms with Crippen molar-refractivity contribution >= 4 is 5.78 Å². The van der Waals surface area contributed by atoms with E-state index in [1.165, 1.54) is 51.4 Å². The second-order valence-electron chi connectivity index (χ2n) is 11.8. The lowest BCUT2D eigenvalue weighted by molar-refractivity contribution is -0.146. The number of hydrogen-bond donors (Lipinski definition) is 1. The number of aliphatic hydroxyl groups is 1. The fourth-order valence-electron chi connectivity index (χ4n) is 8.61. The van der Waals surface area contributed by atoms with Crippen molar-refractivity contribution in [2.24, 2.45) is 40.4 Å². The molecule has 4 aliphatic carbocycles. The second kappa shape index (κ2) is 6.85. The predicted molar refractivity (Wildman–Crippen MR) is 110 cm³/mol. The van der Waals surface area contributed by atoms with Gasteiger partial charge in [-0.25, -0.2) is 0 Å². The summed E-state index contributed by atoms with van der Waals surface area (Å²) in [5, 5.41) is 10.6. The molecule has 0 bridgehead atoms. The van der Waals surface area contributed by atoms with E-state index in [0.29, 0.717) is 16.6 Å². The van der Waals surface area contributed by atoms with Crippen LogP contribution >= 0.6 is 0 Å². The molecular formula is C25H42O2. The molecular weight excluding hydrogens is 332 g/mol. The lowest BCUT2D eigenvalue weighted by Crippen LogP contribution is -2.55. The zero-order chi connectivity index (χ0) is 19.4. The average Bonchev–Trinajstić information content (AvgIpc) is 2.92. The van der Waals surface area contributed by atoms with Crippen LogP contribution < -0.4 is 0 Å². The molecule has 0 aromatic carbocycles. The molecule has 8 atom stereocenters. The SMILES string of the molecule is CC(=O)CCCC1CCC2C3CCC4CC(C)(O)CCC4(C)C3CCC12C. The molecule has 0 aliphatic heterocycles. The van der Waals surface area contributed by atoms with Crippen molar-refractivity contribution in [3.8, 4) is 0 Å². The van der Waals surface area contributed by atoms with Crippen LogP contribution in [0.1, 0.15) is 105 Å². The van der Waals surface area contributed by atoms with Gasteiger partial charge in [0, 0.05) is 6.42 Å². The van der Waals surface area contributed by atoms with Gasteiger partial charge in [0.25, 0.3) is 0 Å². The van der Waals surface area contributed by atoms with E-state index in [4.69, 9.17) is 0 Å². The summed E-state index contributed by atoms with van der Waals surface area (Å²) < 4.78 is 0. The summed E-state index contributed by atoms with van der Waals surface area (Å²) in [4.78, 5) is 11.4. The van der Waals surface area contributed by atoms with Gasteiger partial charge >= 0.3 is 0 Å². The van der Waals surface area contributed by atoms with E-state index in [1.54, 1.807) is 6.92 Å². The molecule has 27 heavy (non-hydrogen) atoms. The van der Waals surface area contributed by atoms with Crippen LogP contribution in [0, 0.1) is 40.4 Å². The summed E-state index contributed by atoms with van der Waals surface area (Å²) in [5.74, 6) is 4.67. The Labute approximate surface area is 166 Å². The van der Waals surface area contributed by atoms with Gasteiger partial charge in [-0.3, -0.25) is 0 Å². The molecule has 4 saturated carbocycles. The van der Waals surface area contributed by atoms with Crippen molar-refractivity contribution in [3.05, 3.63) is 0 Å². The molecule has 4 fully saturated rings. The smallest absolute Gasteiger partial charge is 0.129 e. The largest absolute Gasteiger partial charge is 0.390 e. The maximum absolute atomic E-state index is 11.4. The standard InChI is InChI=1S/C25H42O2/c1-17(26)6-5-7-18-9-11-21-20-10-8-19-16-23(2,27)14-15-25(19,4)22(20)12-13-24(18,21)3/h18-22,27H,5-16H2,1-4H3. The van der Waals surface area contributed by atoms with Crippen LogP contribution in [0.3, 0.4) is 0 Å². The van der Waals surface area contributed by atoms with Crippen LogP contribution in [0.2, 0.25) is 0 Å². The Morgan fingerprint density at radius 3 is 2.41 bits per heavy atom. The first-order valence-electron chi connectivity index (χ1n) is 11.9. The maximum atomic E-state index is 11.4. The quantitative estimate of drug-likeness (QED) is 0.640. The van der Waals surface area contributed by atoms with Crippen molar-refractivity contribution < 1.29 is 9.90 Å². The van der Waals surface area contributed by atoms with Crippen LogP contribution in [0.15, 0.2) is 0 Å². The predicted octanol–water partition coefficient (Wildman–Crippen LogP) is 6.16. The van der Waals surface area contributed by atoms with Gasteiger partial charge in [-0.05, 0) is 125 Å². The van der Waals surface area contributed by atoms with Crippen LogP contribution in [0.4, 0.5) is 0 Å². The van der Waals surface area contributed by atoms with Gasteiger partial charge < -0.3 is 9.90 Å². The second-order valence-corrected chi connectivity index (χ2v) is 11.8. The van der Waals surface area contributed by atoms with Crippen molar-refractivity contribution in [2.75, 3.05) is 0 Å². The van der Waals surface area contributed by atoms with Gasteiger partial charge in [0.05, 0.1) is 5.60 Å². The van der Waals surface area contributed by atoms with E-state index >= 15 is 0 Å². The molecule has 154 valence electrons. The van der Waals surface area contributed by atoms with Crippen LogP contribution in [0.25, 0.3) is 0 Å². The Kier molecular flexibility index (Phi) is 5.06. The number of Topliss-reactive ketones (excluding diaryl/α,β-unsaturated/α-hetero) is 1. The molecule has 0 heterocycles. The van der Waals surface area contributed by atoms with Crippen LogP contribution in [0.5, 0.6) is 0 Å². The molecule has 1 N–H and O–H groups in total. The minimum absolute atomic E-state index is 0.359. The van der Waals surface area contributed by atoms with Gasteiger partial charge in [-0.2, -0.15) is 0 Å². The van der Waals surface area contributed by atoms with E-state index in [2.05, 4.69) is 20.8 Å². The molecule has 4 rings (SSSR count). The summed E-state index contributed by atoms with van der Waals surface area (Å²) in [5.41, 5.74) is 0.579. The fourth-order valence-corrected chi connectivity index (χ4v) is 8.61. The molecule has 0 radical (unpaired) electrons. The number of carbonyl (C=O) groups excluding carboxylic acids is 1. The van der Waals surface area contributed by atoms with Crippen molar-refractivity contribution in [1.29, 1.82) is 0 Å². The Morgan fingerprint density at radius 1 is 0.926 bits per heavy atom. The monoisotopic (exact) mass is 374 g/mol. The van der Waals surface area contributed by atoms with E-state index in [-0.39, 0.29) is 0 Å². The minimum Gasteiger partial charge on any atom is -0.390 e. The van der Waals surface area contributed by atoms with Gasteiger partial charge in [0.1, 0.15) is 5.78 Å². The maximum Gasteiger partial charge on any atom is 0.129 e. The number of rotatable bonds is 4. The highest BCUT2D eigenvalue weighted by Gasteiger charge is 2.60.